The van der Waals surface area contributed by atoms with Gasteiger partial charge in [0.2, 0.25) is 5.95 Å². The fraction of sp³-hybridized carbons (Fsp3) is 0.357. The van der Waals surface area contributed by atoms with Gasteiger partial charge in [-0.15, -0.1) is 5.10 Å². The Morgan fingerprint density at radius 3 is 2.70 bits per heavy atom. The van der Waals surface area contributed by atoms with E-state index in [2.05, 4.69) is 32.7 Å². The van der Waals surface area contributed by atoms with Crippen LogP contribution in [0, 0.1) is 5.82 Å². The highest BCUT2D eigenvalue weighted by Crippen LogP contribution is 2.08. The molecule has 1 heterocycles. The molecule has 0 saturated heterocycles. The Bertz CT molecular complexity index is 529. The van der Waals surface area contributed by atoms with Crippen LogP contribution >= 0.6 is 0 Å². The molecule has 0 amide bonds. The first-order valence-corrected chi connectivity index (χ1v) is 6.70. The summed E-state index contributed by atoms with van der Waals surface area (Å²) in [5.41, 5.74) is 0.977. The fourth-order valence-corrected chi connectivity index (χ4v) is 1.64. The molecule has 0 unspecified atom stereocenters. The molecule has 0 aliphatic carbocycles. The van der Waals surface area contributed by atoms with Crippen LogP contribution in [-0.4, -0.2) is 21.7 Å². The molecule has 0 aliphatic heterocycles. The molecule has 0 saturated carbocycles. The highest BCUT2D eigenvalue weighted by Gasteiger charge is 2.00. The number of anilines is 2. The Labute approximate surface area is 117 Å². The van der Waals surface area contributed by atoms with Gasteiger partial charge in [-0.1, -0.05) is 25.5 Å². The molecule has 1 aromatic heterocycles. The molecule has 5 nitrogen and oxygen atoms in total. The van der Waals surface area contributed by atoms with E-state index in [-0.39, 0.29) is 5.82 Å². The van der Waals surface area contributed by atoms with E-state index in [0.29, 0.717) is 18.3 Å². The Hall–Kier alpha value is -2.24. The maximum atomic E-state index is 12.8. The minimum absolute atomic E-state index is 0.236. The monoisotopic (exact) mass is 275 g/mol. The van der Waals surface area contributed by atoms with E-state index >= 15 is 0 Å². The van der Waals surface area contributed by atoms with Gasteiger partial charge in [0.15, 0.2) is 5.82 Å². The lowest BCUT2D eigenvalue weighted by atomic mass is 10.2. The molecule has 106 valence electrons. The molecule has 6 heteroatoms. The van der Waals surface area contributed by atoms with Crippen molar-refractivity contribution in [1.82, 2.24) is 15.2 Å². The second kappa shape index (κ2) is 7.37. The summed E-state index contributed by atoms with van der Waals surface area (Å²) >= 11 is 0. The first kappa shape index (κ1) is 14.2. The van der Waals surface area contributed by atoms with Crippen molar-refractivity contribution in [3.05, 3.63) is 41.8 Å². The van der Waals surface area contributed by atoms with Crippen LogP contribution < -0.4 is 10.6 Å². The van der Waals surface area contributed by atoms with Crippen LogP contribution in [0.4, 0.5) is 16.2 Å². The highest BCUT2D eigenvalue weighted by atomic mass is 19.1. The van der Waals surface area contributed by atoms with Crippen LogP contribution in [0.15, 0.2) is 30.5 Å². The van der Waals surface area contributed by atoms with Gasteiger partial charge in [-0.3, -0.25) is 0 Å². The summed E-state index contributed by atoms with van der Waals surface area (Å²) in [6, 6.07) is 6.34. The average Bonchev–Trinajstić information content (AvgIpc) is 2.47. The molecule has 20 heavy (non-hydrogen) atoms. The summed E-state index contributed by atoms with van der Waals surface area (Å²) in [5.74, 6) is 0.922. The highest BCUT2D eigenvalue weighted by molar-refractivity contribution is 5.37. The third kappa shape index (κ3) is 4.46. The van der Waals surface area contributed by atoms with Gasteiger partial charge in [-0.25, -0.2) is 4.39 Å². The molecule has 0 spiro atoms. The Balaban J connectivity index is 1.89. The molecule has 2 N–H and O–H groups in total. The van der Waals surface area contributed by atoms with Crippen molar-refractivity contribution in [3.63, 3.8) is 0 Å². The van der Waals surface area contributed by atoms with Crippen LogP contribution in [0.25, 0.3) is 0 Å². The number of halogens is 1. The molecule has 0 bridgehead atoms. The van der Waals surface area contributed by atoms with E-state index in [9.17, 15) is 4.39 Å². The van der Waals surface area contributed by atoms with E-state index in [1.54, 1.807) is 18.3 Å². The summed E-state index contributed by atoms with van der Waals surface area (Å²) in [4.78, 5) is 4.31. The van der Waals surface area contributed by atoms with Crippen LogP contribution in [0.1, 0.15) is 25.3 Å². The Morgan fingerprint density at radius 2 is 1.95 bits per heavy atom. The number of aromatic nitrogens is 3. The number of hydrogen-bond acceptors (Lipinski definition) is 5. The topological polar surface area (TPSA) is 62.7 Å². The third-order valence-corrected chi connectivity index (χ3v) is 2.76. The minimum Gasteiger partial charge on any atom is -0.365 e. The first-order chi connectivity index (χ1) is 9.78. The average molecular weight is 275 g/mol. The maximum absolute atomic E-state index is 12.8. The van der Waals surface area contributed by atoms with Crippen LogP contribution in [0.5, 0.6) is 0 Å². The Kier molecular flexibility index (Phi) is 5.23. The molecule has 2 rings (SSSR count). The Morgan fingerprint density at radius 1 is 1.15 bits per heavy atom. The minimum atomic E-state index is -0.236. The SMILES string of the molecule is CCCCNc1nncc(NCc2ccc(F)cc2)n1. The summed E-state index contributed by atoms with van der Waals surface area (Å²) < 4.78 is 12.8. The third-order valence-electron chi connectivity index (χ3n) is 2.76. The van der Waals surface area contributed by atoms with Crippen LogP contribution in [-0.2, 0) is 6.54 Å². The molecular formula is C14H18FN5. The maximum Gasteiger partial charge on any atom is 0.244 e. The molecule has 0 radical (unpaired) electrons. The number of benzene rings is 1. The number of rotatable bonds is 7. The number of hydrogen-bond donors (Lipinski definition) is 2. The second-order valence-corrected chi connectivity index (χ2v) is 4.43. The normalized spacial score (nSPS) is 10.3. The van der Waals surface area contributed by atoms with Crippen molar-refractivity contribution in [3.8, 4) is 0 Å². The van der Waals surface area contributed by atoms with Crippen LogP contribution in [0.2, 0.25) is 0 Å². The quantitative estimate of drug-likeness (QED) is 0.761. The fourth-order valence-electron chi connectivity index (χ4n) is 1.64. The predicted octanol–water partition coefficient (Wildman–Crippen LogP) is 2.83. The molecular weight excluding hydrogens is 257 g/mol. The van der Waals surface area contributed by atoms with Crippen molar-refractivity contribution < 1.29 is 4.39 Å². The van der Waals surface area contributed by atoms with Crippen molar-refractivity contribution in [2.24, 2.45) is 0 Å². The van der Waals surface area contributed by atoms with Gasteiger partial charge in [-0.2, -0.15) is 10.1 Å². The first-order valence-electron chi connectivity index (χ1n) is 6.70. The van der Waals surface area contributed by atoms with Gasteiger partial charge < -0.3 is 10.6 Å². The van der Waals surface area contributed by atoms with E-state index in [0.717, 1.165) is 24.9 Å². The van der Waals surface area contributed by atoms with E-state index in [1.807, 2.05) is 0 Å². The van der Waals surface area contributed by atoms with Gasteiger partial charge in [0.05, 0.1) is 6.20 Å². The second-order valence-electron chi connectivity index (χ2n) is 4.43. The van der Waals surface area contributed by atoms with Crippen LogP contribution in [0.3, 0.4) is 0 Å². The standard InChI is InChI=1S/C14H18FN5/c1-2-3-8-16-14-19-13(10-18-20-14)17-9-11-4-6-12(15)7-5-11/h4-7,10H,2-3,8-9H2,1H3,(H2,16,17,19,20). The van der Waals surface area contributed by atoms with Gasteiger partial charge in [-0.05, 0) is 24.1 Å². The molecule has 1 aromatic carbocycles. The van der Waals surface area contributed by atoms with E-state index < -0.39 is 0 Å². The van der Waals surface area contributed by atoms with Crippen molar-refractivity contribution in [1.29, 1.82) is 0 Å². The van der Waals surface area contributed by atoms with Crippen molar-refractivity contribution >= 4 is 11.8 Å². The zero-order valence-corrected chi connectivity index (χ0v) is 11.4. The number of unbranched alkanes of at least 4 members (excludes halogenated alkanes) is 1. The zero-order valence-electron chi connectivity index (χ0n) is 11.4. The summed E-state index contributed by atoms with van der Waals surface area (Å²) in [5, 5.41) is 14.1. The molecule has 0 aliphatic rings. The smallest absolute Gasteiger partial charge is 0.244 e. The van der Waals surface area contributed by atoms with Gasteiger partial charge in [0, 0.05) is 13.1 Å². The lowest BCUT2D eigenvalue weighted by Gasteiger charge is -2.07. The largest absolute Gasteiger partial charge is 0.365 e. The number of nitrogens with zero attached hydrogens (tertiary/aromatic N) is 3. The molecule has 2 aromatic rings. The lowest BCUT2D eigenvalue weighted by molar-refractivity contribution is 0.627. The van der Waals surface area contributed by atoms with E-state index in [4.69, 9.17) is 0 Å². The molecule has 0 atom stereocenters. The van der Waals surface area contributed by atoms with Gasteiger partial charge >= 0.3 is 0 Å². The number of nitrogens with one attached hydrogen (secondary N) is 2. The summed E-state index contributed by atoms with van der Waals surface area (Å²) in [6.45, 7) is 3.52. The summed E-state index contributed by atoms with van der Waals surface area (Å²) in [7, 11) is 0. The van der Waals surface area contributed by atoms with E-state index in [1.165, 1.54) is 12.1 Å². The molecule has 0 fully saturated rings. The van der Waals surface area contributed by atoms with Gasteiger partial charge in [0.25, 0.3) is 0 Å². The van der Waals surface area contributed by atoms with Crippen molar-refractivity contribution in [2.45, 2.75) is 26.3 Å². The zero-order chi connectivity index (χ0) is 14.2. The summed E-state index contributed by atoms with van der Waals surface area (Å²) in [6.07, 6.45) is 3.74. The predicted molar refractivity (Wildman–Crippen MR) is 77.0 cm³/mol. The van der Waals surface area contributed by atoms with Crippen molar-refractivity contribution in [2.75, 3.05) is 17.2 Å². The lowest BCUT2D eigenvalue weighted by Crippen LogP contribution is -2.09. The van der Waals surface area contributed by atoms with Gasteiger partial charge in [0.1, 0.15) is 5.82 Å².